The molecule has 0 saturated carbocycles. The number of anilines is 1. The van der Waals surface area contributed by atoms with Gasteiger partial charge in [0, 0.05) is 24.3 Å². The van der Waals surface area contributed by atoms with Gasteiger partial charge >= 0.3 is 0 Å². The van der Waals surface area contributed by atoms with Crippen molar-refractivity contribution < 1.29 is 5.11 Å². The third-order valence-corrected chi connectivity index (χ3v) is 3.38. The molecule has 0 bridgehead atoms. The zero-order valence-corrected chi connectivity index (χ0v) is 10.1. The smallest absolute Gasteiger partial charge is 0.134 e. The zero-order valence-electron chi connectivity index (χ0n) is 10.1. The molecule has 1 aliphatic heterocycles. The Morgan fingerprint density at radius 3 is 3.06 bits per heavy atom. The SMILES string of the molecule is CC(C)C1CCCN1c1ncccc1CO. The molecular weight excluding hydrogens is 200 g/mol. The topological polar surface area (TPSA) is 36.4 Å². The van der Waals surface area contributed by atoms with Crippen LogP contribution in [0.3, 0.4) is 0 Å². The van der Waals surface area contributed by atoms with Crippen LogP contribution >= 0.6 is 0 Å². The second-order valence-corrected chi connectivity index (χ2v) is 4.79. The van der Waals surface area contributed by atoms with Crippen molar-refractivity contribution in [2.45, 2.75) is 39.3 Å². The molecule has 16 heavy (non-hydrogen) atoms. The van der Waals surface area contributed by atoms with Crippen LogP contribution in [0.25, 0.3) is 0 Å². The molecule has 1 N–H and O–H groups in total. The zero-order chi connectivity index (χ0) is 11.5. The van der Waals surface area contributed by atoms with E-state index in [0.717, 1.165) is 17.9 Å². The van der Waals surface area contributed by atoms with E-state index in [0.29, 0.717) is 12.0 Å². The van der Waals surface area contributed by atoms with E-state index < -0.39 is 0 Å². The fourth-order valence-corrected chi connectivity index (χ4v) is 2.56. The Morgan fingerprint density at radius 1 is 1.56 bits per heavy atom. The largest absolute Gasteiger partial charge is 0.392 e. The minimum absolute atomic E-state index is 0.0739. The van der Waals surface area contributed by atoms with Crippen LogP contribution < -0.4 is 4.90 Å². The van der Waals surface area contributed by atoms with E-state index in [2.05, 4.69) is 23.7 Å². The van der Waals surface area contributed by atoms with Crippen LogP contribution in [0.15, 0.2) is 18.3 Å². The highest BCUT2D eigenvalue weighted by atomic mass is 16.3. The molecule has 3 heteroatoms. The maximum absolute atomic E-state index is 9.34. The lowest BCUT2D eigenvalue weighted by Gasteiger charge is -2.29. The lowest BCUT2D eigenvalue weighted by Crippen LogP contribution is -2.34. The average Bonchev–Trinajstić information content (AvgIpc) is 2.77. The number of nitrogens with zero attached hydrogens (tertiary/aromatic N) is 2. The van der Waals surface area contributed by atoms with Crippen LogP contribution in [0, 0.1) is 5.92 Å². The van der Waals surface area contributed by atoms with Crippen LogP contribution in [0.2, 0.25) is 0 Å². The molecule has 0 aliphatic carbocycles. The van der Waals surface area contributed by atoms with Gasteiger partial charge in [0.1, 0.15) is 5.82 Å². The Kier molecular flexibility index (Phi) is 3.44. The van der Waals surface area contributed by atoms with Gasteiger partial charge < -0.3 is 10.0 Å². The first-order valence-corrected chi connectivity index (χ1v) is 6.05. The van der Waals surface area contributed by atoms with Crippen LogP contribution in [0.1, 0.15) is 32.3 Å². The first-order valence-electron chi connectivity index (χ1n) is 6.05. The predicted octanol–water partition coefficient (Wildman–Crippen LogP) is 2.20. The molecule has 1 aliphatic rings. The molecule has 1 fully saturated rings. The quantitative estimate of drug-likeness (QED) is 0.848. The Hall–Kier alpha value is -1.09. The molecule has 2 heterocycles. The second kappa shape index (κ2) is 4.83. The standard InChI is InChI=1S/C13H20N2O/c1-10(2)12-6-4-8-15(12)13-11(9-16)5-3-7-14-13/h3,5,7,10,12,16H,4,6,8-9H2,1-2H3. The van der Waals surface area contributed by atoms with Crippen LogP contribution in [-0.2, 0) is 6.61 Å². The molecule has 2 rings (SSSR count). The van der Waals surface area contributed by atoms with Crippen molar-refractivity contribution in [3.8, 4) is 0 Å². The highest BCUT2D eigenvalue weighted by Gasteiger charge is 2.29. The van der Waals surface area contributed by atoms with Gasteiger partial charge in [0.15, 0.2) is 0 Å². The summed E-state index contributed by atoms with van der Waals surface area (Å²) in [5.74, 6) is 1.61. The lowest BCUT2D eigenvalue weighted by molar-refractivity contribution is 0.281. The number of aliphatic hydroxyl groups excluding tert-OH is 1. The molecule has 1 aromatic rings. The number of aromatic nitrogens is 1. The van der Waals surface area contributed by atoms with Gasteiger partial charge in [0.25, 0.3) is 0 Å². The molecule has 1 aromatic heterocycles. The molecular formula is C13H20N2O. The van der Waals surface area contributed by atoms with E-state index in [4.69, 9.17) is 0 Å². The summed E-state index contributed by atoms with van der Waals surface area (Å²) < 4.78 is 0. The normalized spacial score (nSPS) is 20.8. The highest BCUT2D eigenvalue weighted by molar-refractivity contribution is 5.48. The highest BCUT2D eigenvalue weighted by Crippen LogP contribution is 2.30. The molecule has 0 aromatic carbocycles. The Balaban J connectivity index is 2.28. The van der Waals surface area contributed by atoms with Gasteiger partial charge in [-0.15, -0.1) is 0 Å². The van der Waals surface area contributed by atoms with Gasteiger partial charge in [-0.3, -0.25) is 0 Å². The first kappa shape index (κ1) is 11.4. The summed E-state index contributed by atoms with van der Waals surface area (Å²) in [5.41, 5.74) is 0.940. The predicted molar refractivity (Wildman–Crippen MR) is 65.4 cm³/mol. The maximum Gasteiger partial charge on any atom is 0.134 e. The van der Waals surface area contributed by atoms with Crippen LogP contribution in [-0.4, -0.2) is 22.7 Å². The van der Waals surface area contributed by atoms with E-state index >= 15 is 0 Å². The molecule has 3 nitrogen and oxygen atoms in total. The molecule has 1 atom stereocenters. The number of pyridine rings is 1. The fourth-order valence-electron chi connectivity index (χ4n) is 2.56. The fraction of sp³-hybridized carbons (Fsp3) is 0.615. The summed E-state index contributed by atoms with van der Waals surface area (Å²) >= 11 is 0. The van der Waals surface area contributed by atoms with Gasteiger partial charge in [-0.05, 0) is 24.8 Å². The van der Waals surface area contributed by atoms with Crippen molar-refractivity contribution in [2.75, 3.05) is 11.4 Å². The molecule has 0 amide bonds. The summed E-state index contributed by atoms with van der Waals surface area (Å²) in [6.07, 6.45) is 4.27. The monoisotopic (exact) mass is 220 g/mol. The van der Waals surface area contributed by atoms with Crippen molar-refractivity contribution in [1.82, 2.24) is 4.98 Å². The second-order valence-electron chi connectivity index (χ2n) is 4.79. The average molecular weight is 220 g/mol. The summed E-state index contributed by atoms with van der Waals surface area (Å²) in [5, 5.41) is 9.34. The summed E-state index contributed by atoms with van der Waals surface area (Å²) in [7, 11) is 0. The number of aliphatic hydroxyl groups is 1. The maximum atomic E-state index is 9.34. The van der Waals surface area contributed by atoms with Crippen molar-refractivity contribution in [3.63, 3.8) is 0 Å². The van der Waals surface area contributed by atoms with E-state index in [1.807, 2.05) is 18.3 Å². The summed E-state index contributed by atoms with van der Waals surface area (Å²) in [6, 6.07) is 4.41. The first-order chi connectivity index (χ1) is 7.74. The minimum atomic E-state index is 0.0739. The number of hydrogen-bond donors (Lipinski definition) is 1. The molecule has 88 valence electrons. The van der Waals surface area contributed by atoms with Gasteiger partial charge in [0.05, 0.1) is 6.61 Å². The number of hydrogen-bond acceptors (Lipinski definition) is 3. The Bertz CT molecular complexity index is 352. The van der Waals surface area contributed by atoms with Gasteiger partial charge in [0.2, 0.25) is 0 Å². The minimum Gasteiger partial charge on any atom is -0.392 e. The molecule has 1 unspecified atom stereocenters. The van der Waals surface area contributed by atoms with Crippen molar-refractivity contribution in [2.24, 2.45) is 5.92 Å². The van der Waals surface area contributed by atoms with Crippen molar-refractivity contribution >= 4 is 5.82 Å². The van der Waals surface area contributed by atoms with E-state index in [1.165, 1.54) is 12.8 Å². The molecule has 1 saturated heterocycles. The molecule has 0 spiro atoms. The van der Waals surface area contributed by atoms with Crippen molar-refractivity contribution in [1.29, 1.82) is 0 Å². The Morgan fingerprint density at radius 2 is 2.38 bits per heavy atom. The van der Waals surface area contributed by atoms with Gasteiger partial charge in [-0.2, -0.15) is 0 Å². The van der Waals surface area contributed by atoms with Gasteiger partial charge in [-0.1, -0.05) is 19.9 Å². The summed E-state index contributed by atoms with van der Waals surface area (Å²) in [4.78, 5) is 6.79. The van der Waals surface area contributed by atoms with Crippen LogP contribution in [0.4, 0.5) is 5.82 Å². The van der Waals surface area contributed by atoms with Crippen LogP contribution in [0.5, 0.6) is 0 Å². The Labute approximate surface area is 97.1 Å². The lowest BCUT2D eigenvalue weighted by atomic mass is 10.0. The van der Waals surface area contributed by atoms with E-state index in [9.17, 15) is 5.11 Å². The molecule has 0 radical (unpaired) electrons. The summed E-state index contributed by atoms with van der Waals surface area (Å²) in [6.45, 7) is 5.65. The van der Waals surface area contributed by atoms with Crippen molar-refractivity contribution in [3.05, 3.63) is 23.9 Å². The van der Waals surface area contributed by atoms with E-state index in [-0.39, 0.29) is 6.61 Å². The van der Waals surface area contributed by atoms with Gasteiger partial charge in [-0.25, -0.2) is 4.98 Å². The third kappa shape index (κ3) is 2.05. The van der Waals surface area contributed by atoms with E-state index in [1.54, 1.807) is 0 Å². The third-order valence-electron chi connectivity index (χ3n) is 3.38. The number of rotatable bonds is 3.